The summed E-state index contributed by atoms with van der Waals surface area (Å²) in [5, 5.41) is 0.779. The van der Waals surface area contributed by atoms with E-state index in [4.69, 9.17) is 27.9 Å². The standard InChI is InChI=1S/C20H20Cl2N2O2S/c1-4-26-8-7-24-17-10-12(2)9-13(3)18(17)27-20(24)23-19(25)15-6-5-14(21)11-16(15)22/h5-6,9-11H,4,7-8H2,1-3H3. The number of rotatable bonds is 5. The fraction of sp³-hybridized carbons (Fsp3) is 0.300. The van der Waals surface area contributed by atoms with Crippen molar-refractivity contribution in [1.29, 1.82) is 0 Å². The van der Waals surface area contributed by atoms with Crippen molar-refractivity contribution in [2.45, 2.75) is 27.3 Å². The number of carbonyl (C=O) groups excluding carboxylic acids is 1. The van der Waals surface area contributed by atoms with Gasteiger partial charge in [-0.3, -0.25) is 4.79 Å². The highest BCUT2D eigenvalue weighted by Crippen LogP contribution is 2.24. The van der Waals surface area contributed by atoms with Gasteiger partial charge in [-0.1, -0.05) is 40.6 Å². The highest BCUT2D eigenvalue weighted by Gasteiger charge is 2.13. The minimum absolute atomic E-state index is 0.297. The Morgan fingerprint density at radius 1 is 1.22 bits per heavy atom. The Balaban J connectivity index is 2.13. The molecule has 0 aliphatic rings. The Morgan fingerprint density at radius 2 is 2.00 bits per heavy atom. The molecule has 2 aromatic carbocycles. The number of amides is 1. The van der Waals surface area contributed by atoms with Crippen LogP contribution >= 0.6 is 34.5 Å². The van der Waals surface area contributed by atoms with E-state index in [2.05, 4.69) is 31.0 Å². The summed E-state index contributed by atoms with van der Waals surface area (Å²) in [6.07, 6.45) is 0. The molecule has 0 N–H and O–H groups in total. The maximum Gasteiger partial charge on any atom is 0.281 e. The van der Waals surface area contributed by atoms with Gasteiger partial charge in [-0.05, 0) is 56.2 Å². The Hall–Kier alpha value is -1.66. The maximum absolute atomic E-state index is 12.7. The van der Waals surface area contributed by atoms with Gasteiger partial charge in [0, 0.05) is 18.2 Å². The number of benzene rings is 2. The van der Waals surface area contributed by atoms with E-state index in [9.17, 15) is 4.79 Å². The minimum atomic E-state index is -0.386. The number of hydrogen-bond acceptors (Lipinski definition) is 3. The van der Waals surface area contributed by atoms with Crippen molar-refractivity contribution in [1.82, 2.24) is 4.57 Å². The lowest BCUT2D eigenvalue weighted by Crippen LogP contribution is -2.20. The van der Waals surface area contributed by atoms with Gasteiger partial charge in [0.15, 0.2) is 4.80 Å². The van der Waals surface area contributed by atoms with Gasteiger partial charge in [0.25, 0.3) is 5.91 Å². The van der Waals surface area contributed by atoms with Crippen molar-refractivity contribution in [2.24, 2.45) is 4.99 Å². The monoisotopic (exact) mass is 422 g/mol. The Kier molecular flexibility index (Phi) is 6.37. The van der Waals surface area contributed by atoms with Crippen molar-refractivity contribution in [3.05, 3.63) is 61.9 Å². The maximum atomic E-state index is 12.7. The summed E-state index contributed by atoms with van der Waals surface area (Å²) in [5.74, 6) is -0.386. The molecule has 1 amide bonds. The molecule has 0 saturated carbocycles. The van der Waals surface area contributed by atoms with Crippen LogP contribution in [0.2, 0.25) is 10.0 Å². The van der Waals surface area contributed by atoms with Crippen molar-refractivity contribution in [3.8, 4) is 0 Å². The van der Waals surface area contributed by atoms with E-state index in [1.54, 1.807) is 18.2 Å². The van der Waals surface area contributed by atoms with Gasteiger partial charge >= 0.3 is 0 Å². The number of thiazole rings is 1. The molecule has 3 aromatic rings. The lowest BCUT2D eigenvalue weighted by molar-refractivity contribution is 0.0997. The van der Waals surface area contributed by atoms with Crippen molar-refractivity contribution >= 4 is 50.7 Å². The van der Waals surface area contributed by atoms with Crippen LogP contribution in [0, 0.1) is 13.8 Å². The third-order valence-corrected chi connectivity index (χ3v) is 5.91. The van der Waals surface area contributed by atoms with Gasteiger partial charge in [0.1, 0.15) is 0 Å². The molecule has 0 spiro atoms. The van der Waals surface area contributed by atoms with Crippen LogP contribution in [-0.4, -0.2) is 23.7 Å². The van der Waals surface area contributed by atoms with Crippen molar-refractivity contribution in [2.75, 3.05) is 13.2 Å². The Morgan fingerprint density at radius 3 is 2.70 bits per heavy atom. The molecule has 0 aliphatic carbocycles. The number of aryl methyl sites for hydroxylation is 2. The first kappa shape index (κ1) is 20.1. The zero-order chi connectivity index (χ0) is 19.6. The average Bonchev–Trinajstić information content (AvgIpc) is 2.93. The molecule has 7 heteroatoms. The van der Waals surface area contributed by atoms with Gasteiger partial charge in [-0.2, -0.15) is 4.99 Å². The van der Waals surface area contributed by atoms with Crippen molar-refractivity contribution in [3.63, 3.8) is 0 Å². The van der Waals surface area contributed by atoms with E-state index in [0.717, 1.165) is 10.2 Å². The number of carbonyl (C=O) groups is 1. The second-order valence-corrected chi connectivity index (χ2v) is 8.03. The number of ether oxygens (including phenoxy) is 1. The summed E-state index contributed by atoms with van der Waals surface area (Å²) in [6.45, 7) is 7.91. The van der Waals surface area contributed by atoms with Crippen LogP contribution in [0.3, 0.4) is 0 Å². The van der Waals surface area contributed by atoms with Crippen LogP contribution in [0.1, 0.15) is 28.4 Å². The van der Waals surface area contributed by atoms with E-state index in [0.29, 0.717) is 40.2 Å². The molecular formula is C20H20Cl2N2O2S. The largest absolute Gasteiger partial charge is 0.380 e. The third-order valence-electron chi connectivity index (χ3n) is 4.14. The molecule has 27 heavy (non-hydrogen) atoms. The molecule has 1 aromatic heterocycles. The number of aromatic nitrogens is 1. The van der Waals surface area contributed by atoms with E-state index >= 15 is 0 Å². The molecule has 142 valence electrons. The third kappa shape index (κ3) is 4.43. The molecule has 0 bridgehead atoms. The summed E-state index contributed by atoms with van der Waals surface area (Å²) in [5.41, 5.74) is 3.73. The quantitative estimate of drug-likeness (QED) is 0.516. The summed E-state index contributed by atoms with van der Waals surface area (Å²) in [4.78, 5) is 17.7. The number of halogens is 2. The predicted molar refractivity (Wildman–Crippen MR) is 112 cm³/mol. The molecule has 0 atom stereocenters. The van der Waals surface area contributed by atoms with Gasteiger partial charge in [0.05, 0.1) is 27.4 Å². The van der Waals surface area contributed by atoms with Gasteiger partial charge in [-0.15, -0.1) is 0 Å². The molecule has 4 nitrogen and oxygen atoms in total. The Bertz CT molecular complexity index is 1070. The molecule has 3 rings (SSSR count). The SMILES string of the molecule is CCOCCn1c(=NC(=O)c2ccc(Cl)cc2Cl)sc2c(C)cc(C)cc21. The zero-order valence-electron chi connectivity index (χ0n) is 15.4. The van der Waals surface area contributed by atoms with Gasteiger partial charge < -0.3 is 9.30 Å². The molecule has 0 saturated heterocycles. The zero-order valence-corrected chi connectivity index (χ0v) is 17.7. The number of nitrogens with zero attached hydrogens (tertiary/aromatic N) is 2. The van der Waals surface area contributed by atoms with Crippen LogP contribution < -0.4 is 4.80 Å². The lowest BCUT2D eigenvalue weighted by atomic mass is 10.1. The predicted octanol–water partition coefficient (Wildman–Crippen LogP) is 5.40. The van der Waals surface area contributed by atoms with Crippen LogP contribution in [0.25, 0.3) is 10.2 Å². The fourth-order valence-corrected chi connectivity index (χ4v) is 4.52. The normalized spacial score (nSPS) is 12.1. The molecule has 0 unspecified atom stereocenters. The van der Waals surface area contributed by atoms with Gasteiger partial charge in [-0.25, -0.2) is 0 Å². The Labute approximate surface area is 172 Å². The van der Waals surface area contributed by atoms with E-state index in [1.807, 2.05) is 11.5 Å². The summed E-state index contributed by atoms with van der Waals surface area (Å²) >= 11 is 13.6. The molecular weight excluding hydrogens is 403 g/mol. The van der Waals surface area contributed by atoms with Crippen LogP contribution in [0.5, 0.6) is 0 Å². The number of fused-ring (bicyclic) bond motifs is 1. The summed E-state index contributed by atoms with van der Waals surface area (Å²) in [7, 11) is 0. The smallest absolute Gasteiger partial charge is 0.281 e. The summed E-state index contributed by atoms with van der Waals surface area (Å²) in [6, 6.07) is 9.03. The highest BCUT2D eigenvalue weighted by molar-refractivity contribution is 7.16. The molecule has 0 aliphatic heterocycles. The first-order chi connectivity index (χ1) is 12.9. The number of hydrogen-bond donors (Lipinski definition) is 0. The van der Waals surface area contributed by atoms with E-state index < -0.39 is 0 Å². The van der Waals surface area contributed by atoms with E-state index in [1.165, 1.54) is 22.5 Å². The molecule has 0 radical (unpaired) electrons. The minimum Gasteiger partial charge on any atom is -0.380 e. The van der Waals surface area contributed by atoms with Gasteiger partial charge in [0.2, 0.25) is 0 Å². The van der Waals surface area contributed by atoms with E-state index in [-0.39, 0.29) is 5.91 Å². The van der Waals surface area contributed by atoms with Crippen LogP contribution in [0.15, 0.2) is 35.3 Å². The van der Waals surface area contributed by atoms with Crippen molar-refractivity contribution < 1.29 is 9.53 Å². The first-order valence-electron chi connectivity index (χ1n) is 8.63. The first-order valence-corrected chi connectivity index (χ1v) is 10.2. The lowest BCUT2D eigenvalue weighted by Gasteiger charge is -2.07. The van der Waals surface area contributed by atoms with Crippen LogP contribution in [-0.2, 0) is 11.3 Å². The second-order valence-electron chi connectivity index (χ2n) is 6.20. The summed E-state index contributed by atoms with van der Waals surface area (Å²) < 4.78 is 8.67. The van der Waals surface area contributed by atoms with Crippen LogP contribution in [0.4, 0.5) is 0 Å². The fourth-order valence-electron chi connectivity index (χ4n) is 2.92. The highest BCUT2D eigenvalue weighted by atomic mass is 35.5. The molecule has 0 fully saturated rings. The average molecular weight is 423 g/mol. The molecule has 1 heterocycles. The second kappa shape index (κ2) is 8.57. The topological polar surface area (TPSA) is 43.6 Å².